The van der Waals surface area contributed by atoms with E-state index >= 15 is 0 Å². The lowest BCUT2D eigenvalue weighted by Gasteiger charge is -2.18. The summed E-state index contributed by atoms with van der Waals surface area (Å²) in [5.74, 6) is 1.59. The fraction of sp³-hybridized carbons (Fsp3) is 0.940. The average molecular weight is 793 g/mol. The van der Waals surface area contributed by atoms with E-state index in [-0.39, 0.29) is 31.1 Å². The number of hydrogen-bond donors (Lipinski definition) is 0. The number of carbonyl (C=O) groups is 3. The van der Waals surface area contributed by atoms with E-state index in [1.807, 2.05) is 0 Å². The first kappa shape index (κ1) is 54.4. The van der Waals surface area contributed by atoms with Crippen molar-refractivity contribution in [1.29, 1.82) is 0 Å². The molecule has 0 radical (unpaired) electrons. The smallest absolute Gasteiger partial charge is 0.306 e. The molecule has 0 bridgehead atoms. The molecule has 0 aliphatic rings. The molecule has 0 aromatic carbocycles. The quantitative estimate of drug-likeness (QED) is 0.0348. The van der Waals surface area contributed by atoms with Crippen LogP contribution in [-0.2, 0) is 28.6 Å². The Morgan fingerprint density at radius 2 is 0.625 bits per heavy atom. The second kappa shape index (κ2) is 41.6. The zero-order valence-electron chi connectivity index (χ0n) is 38.4. The van der Waals surface area contributed by atoms with Crippen LogP contribution in [0.15, 0.2) is 0 Å². The number of esters is 3. The highest BCUT2D eigenvalue weighted by atomic mass is 16.6. The van der Waals surface area contributed by atoms with E-state index in [0.29, 0.717) is 19.3 Å². The van der Waals surface area contributed by atoms with Gasteiger partial charge in [-0.2, -0.15) is 0 Å². The van der Waals surface area contributed by atoms with Crippen molar-refractivity contribution in [2.24, 2.45) is 17.8 Å². The second-order valence-electron chi connectivity index (χ2n) is 18.3. The molecule has 0 aliphatic carbocycles. The van der Waals surface area contributed by atoms with Crippen LogP contribution in [0.25, 0.3) is 0 Å². The van der Waals surface area contributed by atoms with Crippen LogP contribution < -0.4 is 0 Å². The minimum atomic E-state index is -0.763. The lowest BCUT2D eigenvalue weighted by Crippen LogP contribution is -2.30. The molecule has 0 aliphatic heterocycles. The Labute approximate surface area is 348 Å². The van der Waals surface area contributed by atoms with Gasteiger partial charge >= 0.3 is 17.9 Å². The molecule has 0 saturated carbocycles. The maximum Gasteiger partial charge on any atom is 0.306 e. The van der Waals surface area contributed by atoms with Gasteiger partial charge in [-0.05, 0) is 37.0 Å². The molecule has 0 spiro atoms. The van der Waals surface area contributed by atoms with Crippen LogP contribution in [0.2, 0.25) is 0 Å². The van der Waals surface area contributed by atoms with Crippen LogP contribution >= 0.6 is 0 Å². The van der Waals surface area contributed by atoms with Crippen LogP contribution in [0, 0.1) is 17.8 Å². The van der Waals surface area contributed by atoms with Gasteiger partial charge in [0.15, 0.2) is 6.10 Å². The zero-order chi connectivity index (χ0) is 41.3. The number of carbonyl (C=O) groups excluding carboxylic acids is 3. The zero-order valence-corrected chi connectivity index (χ0v) is 38.4. The molecule has 0 aromatic heterocycles. The van der Waals surface area contributed by atoms with Crippen molar-refractivity contribution in [1.82, 2.24) is 0 Å². The number of hydrogen-bond acceptors (Lipinski definition) is 6. The summed E-state index contributed by atoms with van der Waals surface area (Å²) in [5.41, 5.74) is 0. The van der Waals surface area contributed by atoms with Crippen LogP contribution in [0.3, 0.4) is 0 Å². The summed E-state index contributed by atoms with van der Waals surface area (Å²) < 4.78 is 16.7. The first-order valence-electron chi connectivity index (χ1n) is 24.6. The molecular weight excluding hydrogens is 697 g/mol. The summed E-state index contributed by atoms with van der Waals surface area (Å²) in [7, 11) is 0. The predicted molar refractivity (Wildman–Crippen MR) is 238 cm³/mol. The topological polar surface area (TPSA) is 78.9 Å². The van der Waals surface area contributed by atoms with Gasteiger partial charge in [-0.25, -0.2) is 0 Å². The van der Waals surface area contributed by atoms with Crippen molar-refractivity contribution in [3.8, 4) is 0 Å². The first-order valence-corrected chi connectivity index (χ1v) is 24.6. The second-order valence-corrected chi connectivity index (χ2v) is 18.3. The van der Waals surface area contributed by atoms with Crippen molar-refractivity contribution in [2.75, 3.05) is 13.2 Å². The minimum absolute atomic E-state index is 0.0661. The van der Waals surface area contributed by atoms with Gasteiger partial charge in [0.1, 0.15) is 13.2 Å². The minimum Gasteiger partial charge on any atom is -0.462 e. The van der Waals surface area contributed by atoms with Gasteiger partial charge in [0.05, 0.1) is 0 Å². The third-order valence-electron chi connectivity index (χ3n) is 11.5. The van der Waals surface area contributed by atoms with Crippen molar-refractivity contribution >= 4 is 17.9 Å². The van der Waals surface area contributed by atoms with Crippen LogP contribution in [-0.4, -0.2) is 37.2 Å². The Morgan fingerprint density at radius 3 is 0.929 bits per heavy atom. The highest BCUT2D eigenvalue weighted by Crippen LogP contribution is 2.18. The monoisotopic (exact) mass is 793 g/mol. The van der Waals surface area contributed by atoms with E-state index in [9.17, 15) is 14.4 Å². The van der Waals surface area contributed by atoms with Crippen molar-refractivity contribution < 1.29 is 28.6 Å². The fourth-order valence-electron chi connectivity index (χ4n) is 7.38. The van der Waals surface area contributed by atoms with E-state index in [1.54, 1.807) is 0 Å². The molecule has 0 saturated heterocycles. The van der Waals surface area contributed by atoms with Crippen LogP contribution in [0.4, 0.5) is 0 Å². The number of unbranched alkanes of at least 4 members (excludes halogenated alkanes) is 25. The van der Waals surface area contributed by atoms with Gasteiger partial charge in [-0.15, -0.1) is 0 Å². The van der Waals surface area contributed by atoms with Crippen molar-refractivity contribution in [2.45, 2.75) is 272 Å². The molecule has 0 aromatic rings. The van der Waals surface area contributed by atoms with E-state index < -0.39 is 6.10 Å². The van der Waals surface area contributed by atoms with Crippen LogP contribution in [0.5, 0.6) is 0 Å². The predicted octanol–water partition coefficient (Wildman–Crippen LogP) is 15.6. The summed E-state index contributed by atoms with van der Waals surface area (Å²) in [4.78, 5) is 37.8. The average Bonchev–Trinajstić information content (AvgIpc) is 3.16. The van der Waals surface area contributed by atoms with Crippen LogP contribution in [0.1, 0.15) is 266 Å². The van der Waals surface area contributed by atoms with E-state index in [4.69, 9.17) is 14.2 Å². The molecule has 0 N–H and O–H groups in total. The lowest BCUT2D eigenvalue weighted by atomic mass is 9.99. The SMILES string of the molecule is CCC(C)CCCCCCCCCCC(=O)O[C@H](COC(=O)CCCCCCCCCCCCCCCCC(C)C)COC(=O)CCCCCCCCC(C)C. The first-order chi connectivity index (χ1) is 27.1. The molecular formula is C50H96O6. The van der Waals surface area contributed by atoms with E-state index in [2.05, 4.69) is 41.5 Å². The summed E-state index contributed by atoms with van der Waals surface area (Å²) >= 11 is 0. The van der Waals surface area contributed by atoms with Gasteiger partial charge in [-0.3, -0.25) is 14.4 Å². The molecule has 0 rings (SSSR count). The lowest BCUT2D eigenvalue weighted by molar-refractivity contribution is -0.167. The molecule has 6 nitrogen and oxygen atoms in total. The number of ether oxygens (including phenoxy) is 3. The molecule has 1 unspecified atom stereocenters. The molecule has 56 heavy (non-hydrogen) atoms. The van der Waals surface area contributed by atoms with Crippen molar-refractivity contribution in [3.63, 3.8) is 0 Å². The van der Waals surface area contributed by atoms with Gasteiger partial charge in [-0.1, -0.05) is 228 Å². The third-order valence-corrected chi connectivity index (χ3v) is 11.5. The summed E-state index contributed by atoms with van der Waals surface area (Å²) in [6, 6.07) is 0. The highest BCUT2D eigenvalue weighted by Gasteiger charge is 2.19. The Kier molecular flexibility index (Phi) is 40.4. The normalized spacial score (nSPS) is 12.6. The van der Waals surface area contributed by atoms with Gasteiger partial charge in [0.25, 0.3) is 0 Å². The van der Waals surface area contributed by atoms with Gasteiger partial charge < -0.3 is 14.2 Å². The molecule has 2 atom stereocenters. The summed E-state index contributed by atoms with van der Waals surface area (Å²) in [6.07, 6.45) is 39.6. The van der Waals surface area contributed by atoms with E-state index in [0.717, 1.165) is 75.5 Å². The maximum atomic E-state index is 12.7. The molecule has 332 valence electrons. The fourth-order valence-corrected chi connectivity index (χ4v) is 7.38. The number of rotatable bonds is 43. The van der Waals surface area contributed by atoms with Gasteiger partial charge in [0.2, 0.25) is 0 Å². The van der Waals surface area contributed by atoms with E-state index in [1.165, 1.54) is 148 Å². The highest BCUT2D eigenvalue weighted by molar-refractivity contribution is 5.71. The third kappa shape index (κ3) is 42.0. The maximum absolute atomic E-state index is 12.7. The summed E-state index contributed by atoms with van der Waals surface area (Å²) in [5, 5.41) is 0. The molecule has 0 heterocycles. The Balaban J connectivity index is 4.27. The van der Waals surface area contributed by atoms with Gasteiger partial charge in [0, 0.05) is 19.3 Å². The molecule has 0 amide bonds. The standard InChI is InChI=1S/C50H96O6/c1-7-46(6)38-32-26-19-16-17-21-29-35-41-50(53)56-47(43-55-49(52)40-34-28-23-22-25-31-37-45(4)5)42-54-48(51)39-33-27-20-15-13-11-9-8-10-12-14-18-24-30-36-44(2)3/h44-47H,7-43H2,1-6H3/t46?,47-/m1/s1. The Morgan fingerprint density at radius 1 is 0.357 bits per heavy atom. The van der Waals surface area contributed by atoms with Crippen molar-refractivity contribution in [3.05, 3.63) is 0 Å². The largest absolute Gasteiger partial charge is 0.462 e. The molecule has 6 heteroatoms. The molecule has 0 fully saturated rings. The summed E-state index contributed by atoms with van der Waals surface area (Å²) in [6.45, 7) is 13.6. The Hall–Kier alpha value is -1.59. The Bertz CT molecular complexity index is 870.